The predicted molar refractivity (Wildman–Crippen MR) is 226 cm³/mol. The molecule has 2 saturated carbocycles. The first-order valence-corrected chi connectivity index (χ1v) is 21.1. The average molecular weight is 839 g/mol. The van der Waals surface area contributed by atoms with Crippen molar-refractivity contribution in [2.75, 3.05) is 19.0 Å². The number of carbonyl (C=O) groups excluding carboxylic acids is 3. The average Bonchev–Trinajstić information content (AvgIpc) is 4.05. The summed E-state index contributed by atoms with van der Waals surface area (Å²) in [7, 11) is 0.333. The number of amides is 3. The maximum atomic E-state index is 14.0. The first-order valence-electron chi connectivity index (χ1n) is 18.7. The zero-order chi connectivity index (χ0) is 41.7. The van der Waals surface area contributed by atoms with E-state index in [1.807, 2.05) is 75.2 Å². The summed E-state index contributed by atoms with van der Waals surface area (Å²) >= 11 is 7.73. The molecule has 2 aliphatic carbocycles. The smallest absolute Gasteiger partial charge is 0.257 e. The molecule has 1 saturated heterocycles. The molecule has 2 aromatic heterocycles. The molecule has 3 amide bonds. The van der Waals surface area contributed by atoms with Gasteiger partial charge >= 0.3 is 0 Å². The summed E-state index contributed by atoms with van der Waals surface area (Å²) in [6.45, 7) is 16.5. The summed E-state index contributed by atoms with van der Waals surface area (Å²) in [5, 5.41) is 20.5. The third-order valence-electron chi connectivity index (χ3n) is 10.2. The van der Waals surface area contributed by atoms with Crippen molar-refractivity contribution < 1.29 is 33.2 Å². The van der Waals surface area contributed by atoms with Crippen molar-refractivity contribution in [3.8, 4) is 28.6 Å². The molecule has 4 N–H and O–H groups in total. The SMILES string of the molecule is C=C.COc1cnc(O[C@@H]2C[C@@H](C)N(C(=O)[C@@H](Nc3nc(-c4ccc(O)cc4)cs3)C(C)(C)C)C2)c2cc(Cl)ccc12.C[C@@H]1C[C@]1(NC=O)C(=O)NS(=O)C1CC1. The Bertz CT molecular complexity index is 2090. The molecule has 6 atom stereocenters. The van der Waals surface area contributed by atoms with Gasteiger partial charge in [-0.25, -0.2) is 14.2 Å². The molecule has 0 bridgehead atoms. The summed E-state index contributed by atoms with van der Waals surface area (Å²) in [5.41, 5.74) is 0.515. The molecular weight excluding hydrogens is 788 g/mol. The van der Waals surface area contributed by atoms with E-state index in [4.69, 9.17) is 26.1 Å². The van der Waals surface area contributed by atoms with Gasteiger partial charge in [-0.1, -0.05) is 39.3 Å². The number of aromatic nitrogens is 2. The molecule has 16 heteroatoms. The van der Waals surface area contributed by atoms with E-state index in [9.17, 15) is 23.7 Å². The van der Waals surface area contributed by atoms with Crippen molar-refractivity contribution in [3.63, 3.8) is 0 Å². The fraction of sp³-hybridized carbons (Fsp3) is 0.439. The van der Waals surface area contributed by atoms with Crippen molar-refractivity contribution in [1.82, 2.24) is 24.9 Å². The number of nitrogens with zero attached hydrogens (tertiary/aromatic N) is 3. The Morgan fingerprint density at radius 2 is 1.82 bits per heavy atom. The molecule has 3 aliphatic rings. The van der Waals surface area contributed by atoms with Gasteiger partial charge in [0.2, 0.25) is 18.2 Å². The van der Waals surface area contributed by atoms with E-state index in [0.29, 0.717) is 47.6 Å². The van der Waals surface area contributed by atoms with Gasteiger partial charge in [0.1, 0.15) is 40.2 Å². The number of methoxy groups -OCH3 is 1. The van der Waals surface area contributed by atoms with Gasteiger partial charge < -0.3 is 30.1 Å². The fourth-order valence-corrected chi connectivity index (χ4v) is 8.67. The van der Waals surface area contributed by atoms with Crippen LogP contribution in [0.15, 0.2) is 67.2 Å². The first-order chi connectivity index (χ1) is 27.1. The normalized spacial score (nSPS) is 22.1. The molecule has 57 heavy (non-hydrogen) atoms. The number of aromatic hydroxyl groups is 1. The van der Waals surface area contributed by atoms with Gasteiger partial charge in [0.15, 0.2) is 5.13 Å². The van der Waals surface area contributed by atoms with Gasteiger partial charge in [0.25, 0.3) is 5.91 Å². The van der Waals surface area contributed by atoms with Crippen LogP contribution in [0.4, 0.5) is 5.13 Å². The van der Waals surface area contributed by atoms with Crippen LogP contribution < -0.4 is 24.8 Å². The predicted octanol–water partition coefficient (Wildman–Crippen LogP) is 6.88. The standard InChI is InChI=1S/C30H33ClN4O4S.C9H14N2O3S.C2H4/c1-17-12-21(39-27-23-13-19(31)8-11-22(23)25(38-5)14-32-27)15-35(17)28(37)26(30(2,3)4)34-29-33-24(16-40-29)18-6-9-20(36)10-7-18;1-6-4-9(6,10-5-12)8(13)11-15(14)7-2-3-7;1-2/h6-11,13-14,16-17,21,26,36H,12,15H2,1-5H3,(H,33,34);5-7H,2-4H2,1H3,(H,10,12)(H,11,13);1-2H2/t17-,21-,26-;6-,9-,15?;/m11./s1. The van der Waals surface area contributed by atoms with Gasteiger partial charge in [-0.3, -0.25) is 19.1 Å². The van der Waals surface area contributed by atoms with Crippen molar-refractivity contribution >= 4 is 68.1 Å². The molecule has 306 valence electrons. The van der Waals surface area contributed by atoms with Crippen LogP contribution >= 0.6 is 22.9 Å². The third kappa shape index (κ3) is 10.2. The number of benzene rings is 2. The van der Waals surface area contributed by atoms with Crippen LogP contribution in [0.1, 0.15) is 60.3 Å². The van der Waals surface area contributed by atoms with E-state index < -0.39 is 22.6 Å². The molecule has 1 unspecified atom stereocenters. The minimum absolute atomic E-state index is 0.00285. The maximum absolute atomic E-state index is 14.0. The highest BCUT2D eigenvalue weighted by atomic mass is 35.5. The van der Waals surface area contributed by atoms with E-state index in [1.54, 1.807) is 25.4 Å². The van der Waals surface area contributed by atoms with E-state index in [0.717, 1.165) is 34.9 Å². The van der Waals surface area contributed by atoms with E-state index in [2.05, 4.69) is 33.5 Å². The fourth-order valence-electron chi connectivity index (χ4n) is 6.66. The van der Waals surface area contributed by atoms with Crippen LogP contribution in [-0.2, 0) is 25.4 Å². The van der Waals surface area contributed by atoms with Gasteiger partial charge in [0, 0.05) is 39.2 Å². The van der Waals surface area contributed by atoms with Gasteiger partial charge in [0.05, 0.1) is 30.8 Å². The molecule has 0 spiro atoms. The van der Waals surface area contributed by atoms with Crippen LogP contribution in [0, 0.1) is 11.3 Å². The molecule has 4 aromatic rings. The maximum Gasteiger partial charge on any atom is 0.257 e. The molecule has 3 heterocycles. The number of nitrogens with one attached hydrogen (secondary N) is 3. The minimum atomic E-state index is -1.27. The Labute approximate surface area is 345 Å². The largest absolute Gasteiger partial charge is 0.508 e. The lowest BCUT2D eigenvalue weighted by Crippen LogP contribution is -2.50. The quantitative estimate of drug-likeness (QED) is 0.0871. The number of hydrogen-bond donors (Lipinski definition) is 4. The molecule has 0 radical (unpaired) electrons. The van der Waals surface area contributed by atoms with Crippen molar-refractivity contribution in [2.45, 2.75) is 89.3 Å². The highest BCUT2D eigenvalue weighted by molar-refractivity contribution is 7.84. The number of carbonyl (C=O) groups is 3. The van der Waals surface area contributed by atoms with Crippen LogP contribution in [0.5, 0.6) is 17.4 Å². The first kappa shape index (κ1) is 43.4. The Kier molecular flexibility index (Phi) is 13.9. The third-order valence-corrected chi connectivity index (χ3v) is 12.7. The molecule has 1 aliphatic heterocycles. The number of rotatable bonds is 12. The Morgan fingerprint density at radius 3 is 2.42 bits per heavy atom. The number of pyridine rings is 1. The van der Waals surface area contributed by atoms with Gasteiger partial charge in [-0.15, -0.1) is 24.5 Å². The Balaban J connectivity index is 0.000000304. The summed E-state index contributed by atoms with van der Waals surface area (Å²) in [6.07, 6.45) is 5.09. The number of fused-ring (bicyclic) bond motifs is 1. The van der Waals surface area contributed by atoms with Gasteiger partial charge in [-0.05, 0) is 80.0 Å². The van der Waals surface area contributed by atoms with Crippen molar-refractivity contribution in [1.29, 1.82) is 0 Å². The Hall–Kier alpha value is -4.73. The summed E-state index contributed by atoms with van der Waals surface area (Å²) in [6, 6.07) is 11.9. The van der Waals surface area contributed by atoms with Crippen LogP contribution in [-0.4, -0.2) is 85.0 Å². The number of anilines is 1. The van der Waals surface area contributed by atoms with E-state index in [-0.39, 0.29) is 46.3 Å². The number of thiazole rings is 1. The van der Waals surface area contributed by atoms with Crippen molar-refractivity contribution in [2.24, 2.45) is 11.3 Å². The minimum Gasteiger partial charge on any atom is -0.508 e. The monoisotopic (exact) mass is 838 g/mol. The zero-order valence-corrected chi connectivity index (χ0v) is 35.4. The lowest BCUT2D eigenvalue weighted by atomic mass is 9.85. The molecular formula is C41H51ClN6O7S2. The van der Waals surface area contributed by atoms with Crippen LogP contribution in [0.25, 0.3) is 22.0 Å². The van der Waals surface area contributed by atoms with E-state index in [1.165, 1.54) is 11.3 Å². The number of ether oxygens (including phenoxy) is 2. The molecule has 3 fully saturated rings. The summed E-state index contributed by atoms with van der Waals surface area (Å²) in [4.78, 5) is 47.2. The molecule has 13 nitrogen and oxygen atoms in total. The summed E-state index contributed by atoms with van der Waals surface area (Å²) in [5.74, 6) is 1.14. The van der Waals surface area contributed by atoms with E-state index >= 15 is 0 Å². The number of likely N-dealkylation sites (tertiary alicyclic amines) is 1. The number of phenols is 1. The highest BCUT2D eigenvalue weighted by Crippen LogP contribution is 2.43. The Morgan fingerprint density at radius 1 is 1.14 bits per heavy atom. The molecule has 2 aromatic carbocycles. The lowest BCUT2D eigenvalue weighted by molar-refractivity contribution is -0.135. The summed E-state index contributed by atoms with van der Waals surface area (Å²) < 4.78 is 25.8. The number of phenolic OH excluding ortho intramolecular Hbond substituents is 1. The number of halogens is 1. The zero-order valence-electron chi connectivity index (χ0n) is 33.0. The highest BCUT2D eigenvalue weighted by Gasteiger charge is 2.58. The second-order valence-electron chi connectivity index (χ2n) is 15.4. The van der Waals surface area contributed by atoms with Crippen LogP contribution in [0.3, 0.4) is 0 Å². The number of hydrogen-bond acceptors (Lipinski definition) is 11. The molecule has 7 rings (SSSR count). The topological polar surface area (TPSA) is 172 Å². The van der Waals surface area contributed by atoms with Gasteiger partial charge in [-0.2, -0.15) is 0 Å². The van der Waals surface area contributed by atoms with Crippen molar-refractivity contribution in [3.05, 3.63) is 72.2 Å². The van der Waals surface area contributed by atoms with Crippen LogP contribution in [0.2, 0.25) is 5.02 Å². The lowest BCUT2D eigenvalue weighted by Gasteiger charge is -2.34. The second-order valence-corrected chi connectivity index (χ2v) is 18.2. The second kappa shape index (κ2) is 18.2.